The van der Waals surface area contributed by atoms with E-state index in [1.54, 1.807) is 18.1 Å². The van der Waals surface area contributed by atoms with E-state index in [1.807, 2.05) is 5.38 Å². The van der Waals surface area contributed by atoms with Crippen molar-refractivity contribution in [2.45, 2.75) is 12.8 Å². The molecule has 0 spiro atoms. The molecule has 2 aromatic rings. The van der Waals surface area contributed by atoms with E-state index in [9.17, 15) is 4.79 Å². The van der Waals surface area contributed by atoms with Gasteiger partial charge in [-0.05, 0) is 30.9 Å². The van der Waals surface area contributed by atoms with Gasteiger partial charge in [-0.3, -0.25) is 9.69 Å². The van der Waals surface area contributed by atoms with Crippen LogP contribution in [0.5, 0.6) is 0 Å². The Morgan fingerprint density at radius 1 is 1.25 bits per heavy atom. The first-order valence-electron chi connectivity index (χ1n) is 8.47. The van der Waals surface area contributed by atoms with E-state index in [0.717, 1.165) is 30.7 Å². The molecule has 1 amide bonds. The molecule has 0 unspecified atom stereocenters. The van der Waals surface area contributed by atoms with E-state index < -0.39 is 0 Å². The van der Waals surface area contributed by atoms with E-state index in [0.29, 0.717) is 6.54 Å². The number of hydrogen-bond donors (Lipinski definition) is 0. The number of likely N-dealkylation sites (N-methyl/N-ethyl adjacent to an activating group) is 1. The second kappa shape index (κ2) is 6.43. The van der Waals surface area contributed by atoms with Crippen LogP contribution in [-0.4, -0.2) is 44.1 Å². The number of nitrogens with zero attached hydrogens (tertiary/aromatic N) is 4. The number of hydrogen-bond acceptors (Lipinski definition) is 5. The Morgan fingerprint density at radius 2 is 1.96 bits per heavy atom. The Hall–Kier alpha value is -2.08. The third-order valence-corrected chi connectivity index (χ3v) is 5.63. The molecule has 24 heavy (non-hydrogen) atoms. The van der Waals surface area contributed by atoms with E-state index in [1.165, 1.54) is 35.6 Å². The summed E-state index contributed by atoms with van der Waals surface area (Å²) in [5, 5.41) is 2.64. The number of rotatable bonds is 5. The van der Waals surface area contributed by atoms with E-state index in [4.69, 9.17) is 0 Å². The quantitative estimate of drug-likeness (QED) is 0.838. The summed E-state index contributed by atoms with van der Waals surface area (Å²) >= 11 is 1.49. The van der Waals surface area contributed by atoms with Gasteiger partial charge in [-0.15, -0.1) is 11.3 Å². The lowest BCUT2D eigenvalue weighted by molar-refractivity contribution is -0.117. The van der Waals surface area contributed by atoms with Gasteiger partial charge >= 0.3 is 0 Å². The van der Waals surface area contributed by atoms with Crippen LogP contribution in [-0.2, 0) is 4.79 Å². The molecule has 1 aliphatic heterocycles. The van der Waals surface area contributed by atoms with Crippen LogP contribution in [0.15, 0.2) is 35.8 Å². The van der Waals surface area contributed by atoms with Crippen LogP contribution in [0, 0.1) is 5.92 Å². The normalized spacial score (nSPS) is 16.9. The highest BCUT2D eigenvalue weighted by molar-refractivity contribution is 7.13. The molecule has 0 radical (unpaired) electrons. The lowest BCUT2D eigenvalue weighted by Crippen LogP contribution is -2.46. The van der Waals surface area contributed by atoms with E-state index in [2.05, 4.69) is 39.0 Å². The van der Waals surface area contributed by atoms with Gasteiger partial charge in [-0.2, -0.15) is 0 Å². The van der Waals surface area contributed by atoms with Gasteiger partial charge in [0.15, 0.2) is 5.13 Å². The molecule has 6 heteroatoms. The fraction of sp³-hybridized carbons (Fsp3) is 0.444. The molecule has 1 aliphatic carbocycles. The first-order chi connectivity index (χ1) is 11.7. The minimum absolute atomic E-state index is 0.0791. The molecule has 5 nitrogen and oxygen atoms in total. The Labute approximate surface area is 146 Å². The van der Waals surface area contributed by atoms with Gasteiger partial charge < -0.3 is 9.80 Å². The Balaban J connectivity index is 1.50. The van der Waals surface area contributed by atoms with Crippen LogP contribution in [0.2, 0.25) is 0 Å². The number of carbonyl (C=O) groups is 1. The van der Waals surface area contributed by atoms with Gasteiger partial charge in [0.1, 0.15) is 0 Å². The minimum Gasteiger partial charge on any atom is -0.368 e. The number of amides is 1. The van der Waals surface area contributed by atoms with E-state index >= 15 is 0 Å². The summed E-state index contributed by atoms with van der Waals surface area (Å²) in [7, 11) is 1.80. The fourth-order valence-electron chi connectivity index (χ4n) is 3.20. The highest BCUT2D eigenvalue weighted by Gasteiger charge is 2.29. The maximum atomic E-state index is 12.6. The molecule has 1 saturated carbocycles. The molecule has 2 heterocycles. The van der Waals surface area contributed by atoms with Crippen LogP contribution in [0.1, 0.15) is 12.8 Å². The molecule has 0 N–H and O–H groups in total. The third kappa shape index (κ3) is 3.11. The Morgan fingerprint density at radius 3 is 2.62 bits per heavy atom. The van der Waals surface area contributed by atoms with Crippen LogP contribution in [0.4, 0.5) is 16.5 Å². The SMILES string of the molecule is CN(C(=O)CN1CCN(CC2CC2)c2ccccc21)c1nccs1. The molecule has 1 aromatic heterocycles. The van der Waals surface area contributed by atoms with Crippen molar-refractivity contribution in [3.8, 4) is 0 Å². The first-order valence-corrected chi connectivity index (χ1v) is 9.35. The predicted octanol–water partition coefficient (Wildman–Crippen LogP) is 2.84. The summed E-state index contributed by atoms with van der Waals surface area (Å²) in [4.78, 5) is 23.2. The van der Waals surface area contributed by atoms with Crippen LogP contribution in [0.25, 0.3) is 0 Å². The molecule has 1 fully saturated rings. The predicted molar refractivity (Wildman–Crippen MR) is 99.1 cm³/mol. The standard InChI is InChI=1S/C18H22N4OS/c1-20(18-19-8-11-24-18)17(23)13-22-10-9-21(12-14-6-7-14)15-4-2-3-5-16(15)22/h2-5,8,11,14H,6-7,9-10,12-13H2,1H3. The number of aromatic nitrogens is 1. The van der Waals surface area contributed by atoms with Crippen molar-refractivity contribution >= 4 is 33.8 Å². The van der Waals surface area contributed by atoms with Gasteiger partial charge in [0.25, 0.3) is 0 Å². The summed E-state index contributed by atoms with van der Waals surface area (Å²) in [6, 6.07) is 8.46. The summed E-state index contributed by atoms with van der Waals surface area (Å²) < 4.78 is 0. The van der Waals surface area contributed by atoms with Crippen molar-refractivity contribution in [2.24, 2.45) is 5.92 Å². The topological polar surface area (TPSA) is 39.7 Å². The van der Waals surface area contributed by atoms with Gasteiger partial charge in [0.2, 0.25) is 5.91 Å². The summed E-state index contributed by atoms with van der Waals surface area (Å²) in [6.45, 7) is 3.42. The van der Waals surface area contributed by atoms with Gasteiger partial charge in [-0.1, -0.05) is 12.1 Å². The van der Waals surface area contributed by atoms with Gasteiger partial charge in [0.05, 0.1) is 17.9 Å². The second-order valence-electron chi connectivity index (χ2n) is 6.57. The lowest BCUT2D eigenvalue weighted by Gasteiger charge is -2.39. The zero-order valence-electron chi connectivity index (χ0n) is 13.9. The maximum absolute atomic E-state index is 12.6. The number of anilines is 3. The van der Waals surface area contributed by atoms with Crippen LogP contribution >= 0.6 is 11.3 Å². The molecule has 126 valence electrons. The third-order valence-electron chi connectivity index (χ3n) is 4.78. The molecule has 2 aliphatic rings. The zero-order valence-corrected chi connectivity index (χ0v) is 14.7. The number of fused-ring (bicyclic) bond motifs is 1. The zero-order chi connectivity index (χ0) is 16.5. The summed E-state index contributed by atoms with van der Waals surface area (Å²) in [5.74, 6) is 0.942. The van der Waals surface area contributed by atoms with Gasteiger partial charge in [0, 0.05) is 38.3 Å². The monoisotopic (exact) mass is 342 g/mol. The van der Waals surface area contributed by atoms with Crippen molar-refractivity contribution in [1.82, 2.24) is 4.98 Å². The highest BCUT2D eigenvalue weighted by Crippen LogP contribution is 2.37. The number of para-hydroxylation sites is 2. The van der Waals surface area contributed by atoms with Crippen molar-refractivity contribution < 1.29 is 4.79 Å². The van der Waals surface area contributed by atoms with Crippen molar-refractivity contribution in [2.75, 3.05) is 47.9 Å². The Kier molecular flexibility index (Phi) is 4.14. The van der Waals surface area contributed by atoms with E-state index in [-0.39, 0.29) is 5.91 Å². The van der Waals surface area contributed by atoms with Gasteiger partial charge in [-0.25, -0.2) is 4.98 Å². The molecular formula is C18H22N4OS. The second-order valence-corrected chi connectivity index (χ2v) is 7.44. The Bertz CT molecular complexity index is 714. The van der Waals surface area contributed by atoms with Crippen molar-refractivity contribution in [1.29, 1.82) is 0 Å². The maximum Gasteiger partial charge on any atom is 0.248 e. The van der Waals surface area contributed by atoms with Crippen molar-refractivity contribution in [3.05, 3.63) is 35.8 Å². The number of carbonyl (C=O) groups excluding carboxylic acids is 1. The molecule has 0 bridgehead atoms. The molecule has 0 saturated heterocycles. The minimum atomic E-state index is 0.0791. The lowest BCUT2D eigenvalue weighted by atomic mass is 10.1. The number of benzene rings is 1. The van der Waals surface area contributed by atoms with Crippen LogP contribution < -0.4 is 14.7 Å². The summed E-state index contributed by atoms with van der Waals surface area (Å²) in [5.41, 5.74) is 2.44. The smallest absolute Gasteiger partial charge is 0.248 e. The van der Waals surface area contributed by atoms with Crippen molar-refractivity contribution in [3.63, 3.8) is 0 Å². The highest BCUT2D eigenvalue weighted by atomic mass is 32.1. The van der Waals surface area contributed by atoms with Crippen LogP contribution in [0.3, 0.4) is 0 Å². The average Bonchev–Trinajstić information content (AvgIpc) is 3.25. The largest absolute Gasteiger partial charge is 0.368 e. The molecule has 0 atom stereocenters. The summed E-state index contributed by atoms with van der Waals surface area (Å²) in [6.07, 6.45) is 4.45. The molecular weight excluding hydrogens is 320 g/mol. The first kappa shape index (κ1) is 15.4. The number of thiazole rings is 1. The fourth-order valence-corrected chi connectivity index (χ4v) is 3.83. The average molecular weight is 342 g/mol. The molecule has 1 aromatic carbocycles. The molecule has 4 rings (SSSR count).